The van der Waals surface area contributed by atoms with E-state index in [4.69, 9.17) is 0 Å². The van der Waals surface area contributed by atoms with Gasteiger partial charge >= 0.3 is 0 Å². The van der Waals surface area contributed by atoms with Crippen molar-refractivity contribution in [2.45, 2.75) is 38.9 Å². The van der Waals surface area contributed by atoms with Crippen LogP contribution in [0.2, 0.25) is 0 Å². The van der Waals surface area contributed by atoms with Crippen molar-refractivity contribution in [1.29, 1.82) is 0 Å². The summed E-state index contributed by atoms with van der Waals surface area (Å²) in [4.78, 5) is 35.1. The van der Waals surface area contributed by atoms with Crippen LogP contribution in [0.25, 0.3) is 11.0 Å². The molecular formula is C20H24N4O2S. The summed E-state index contributed by atoms with van der Waals surface area (Å²) in [5.41, 5.74) is 2.81. The molecule has 0 atom stereocenters. The Hall–Kier alpha value is -2.54. The molecule has 0 saturated heterocycles. The van der Waals surface area contributed by atoms with Gasteiger partial charge in [-0.25, -0.2) is 4.98 Å². The highest BCUT2D eigenvalue weighted by Crippen LogP contribution is 2.23. The van der Waals surface area contributed by atoms with Gasteiger partial charge in [-0.1, -0.05) is 30.0 Å². The van der Waals surface area contributed by atoms with Crippen molar-refractivity contribution in [3.63, 3.8) is 0 Å². The average Bonchev–Trinajstić information content (AvgIpc) is 3.02. The van der Waals surface area contributed by atoms with E-state index in [1.54, 1.807) is 9.47 Å². The Morgan fingerprint density at radius 3 is 2.63 bits per heavy atom. The van der Waals surface area contributed by atoms with Crippen LogP contribution in [0.5, 0.6) is 0 Å². The highest BCUT2D eigenvalue weighted by molar-refractivity contribution is 7.99. The quantitative estimate of drug-likeness (QED) is 0.519. The molecule has 3 aromatic rings. The molecule has 1 amide bonds. The maximum atomic E-state index is 12.8. The summed E-state index contributed by atoms with van der Waals surface area (Å²) < 4.78 is 1.65. The minimum absolute atomic E-state index is 0.0106. The van der Waals surface area contributed by atoms with Crippen molar-refractivity contribution >= 4 is 34.4 Å². The first kappa shape index (κ1) is 19.2. The van der Waals surface area contributed by atoms with E-state index in [1.807, 2.05) is 64.1 Å². The molecule has 0 aliphatic heterocycles. The van der Waals surface area contributed by atoms with Crippen LogP contribution in [0.1, 0.15) is 32.5 Å². The predicted octanol–water partition coefficient (Wildman–Crippen LogP) is 3.76. The first-order valence-electron chi connectivity index (χ1n) is 9.02. The number of aromatic amines is 1. The van der Waals surface area contributed by atoms with Crippen LogP contribution >= 0.6 is 11.8 Å². The van der Waals surface area contributed by atoms with Crippen LogP contribution in [0.15, 0.2) is 46.3 Å². The van der Waals surface area contributed by atoms with Gasteiger partial charge in [0.25, 0.3) is 5.56 Å². The lowest BCUT2D eigenvalue weighted by Gasteiger charge is -2.21. The SMILES string of the molecule is CCN(C(=O)CSc1nc2cc(C)[nH]c2c(=O)n1C(C)C)c1ccccc1. The van der Waals surface area contributed by atoms with Crippen LogP contribution in [0, 0.1) is 6.92 Å². The second-order valence-corrected chi connectivity index (χ2v) is 7.58. The maximum absolute atomic E-state index is 12.8. The second-order valence-electron chi connectivity index (χ2n) is 6.64. The van der Waals surface area contributed by atoms with Crippen molar-refractivity contribution < 1.29 is 4.79 Å². The summed E-state index contributed by atoms with van der Waals surface area (Å²) in [6, 6.07) is 11.4. The molecule has 0 aliphatic carbocycles. The number of fused-ring (bicyclic) bond motifs is 1. The number of thioether (sulfide) groups is 1. The first-order valence-corrected chi connectivity index (χ1v) is 10.0. The molecule has 27 heavy (non-hydrogen) atoms. The number of anilines is 1. The zero-order valence-corrected chi connectivity index (χ0v) is 16.8. The van der Waals surface area contributed by atoms with Gasteiger partial charge in [-0.2, -0.15) is 0 Å². The Kier molecular flexibility index (Phi) is 5.70. The van der Waals surface area contributed by atoms with Gasteiger partial charge in [0.15, 0.2) is 5.16 Å². The molecule has 0 fully saturated rings. The first-order chi connectivity index (χ1) is 12.9. The number of carbonyl (C=O) groups excluding carboxylic acids is 1. The van der Waals surface area contributed by atoms with Gasteiger partial charge in [0.2, 0.25) is 5.91 Å². The lowest BCUT2D eigenvalue weighted by molar-refractivity contribution is -0.116. The Labute approximate surface area is 162 Å². The fourth-order valence-electron chi connectivity index (χ4n) is 3.06. The van der Waals surface area contributed by atoms with Gasteiger partial charge in [0.05, 0.1) is 11.3 Å². The molecule has 7 heteroatoms. The number of para-hydroxylation sites is 1. The van der Waals surface area contributed by atoms with Crippen LogP contribution in [-0.2, 0) is 4.79 Å². The molecule has 1 aromatic carbocycles. The number of carbonyl (C=O) groups is 1. The monoisotopic (exact) mass is 384 g/mol. The second kappa shape index (κ2) is 8.00. The molecule has 0 unspecified atom stereocenters. The van der Waals surface area contributed by atoms with Gasteiger partial charge in [0.1, 0.15) is 5.52 Å². The number of rotatable bonds is 6. The fourth-order valence-corrected chi connectivity index (χ4v) is 4.07. The van der Waals surface area contributed by atoms with E-state index in [-0.39, 0.29) is 23.3 Å². The Morgan fingerprint density at radius 1 is 1.30 bits per heavy atom. The summed E-state index contributed by atoms with van der Waals surface area (Å²) in [5, 5.41) is 0.568. The fraction of sp³-hybridized carbons (Fsp3) is 0.350. The van der Waals surface area contributed by atoms with Crippen molar-refractivity contribution in [2.24, 2.45) is 0 Å². The highest BCUT2D eigenvalue weighted by Gasteiger charge is 2.19. The standard InChI is InChI=1S/C20H24N4O2S/c1-5-23(15-9-7-6-8-10-15)17(25)12-27-20-22-16-11-14(4)21-18(16)19(26)24(20)13(2)3/h6-11,13,21H,5,12H2,1-4H3. The number of aromatic nitrogens is 3. The number of hydrogen-bond acceptors (Lipinski definition) is 4. The minimum atomic E-state index is -0.103. The largest absolute Gasteiger partial charge is 0.353 e. The van der Waals surface area contributed by atoms with Crippen LogP contribution in [0.4, 0.5) is 5.69 Å². The van der Waals surface area contributed by atoms with E-state index in [2.05, 4.69) is 9.97 Å². The number of benzene rings is 1. The number of aryl methyl sites for hydroxylation is 1. The third-order valence-electron chi connectivity index (χ3n) is 4.31. The van der Waals surface area contributed by atoms with Gasteiger partial charge in [-0.15, -0.1) is 0 Å². The summed E-state index contributed by atoms with van der Waals surface area (Å²) >= 11 is 1.31. The normalized spacial score (nSPS) is 11.3. The Balaban J connectivity index is 1.89. The minimum Gasteiger partial charge on any atom is -0.353 e. The van der Waals surface area contributed by atoms with E-state index in [1.165, 1.54) is 11.8 Å². The van der Waals surface area contributed by atoms with Crippen molar-refractivity contribution in [3.05, 3.63) is 52.4 Å². The number of H-pyrrole nitrogens is 1. The molecule has 6 nitrogen and oxygen atoms in total. The van der Waals surface area contributed by atoms with Crippen LogP contribution in [0.3, 0.4) is 0 Å². The van der Waals surface area contributed by atoms with Gasteiger partial charge in [-0.3, -0.25) is 14.2 Å². The van der Waals surface area contributed by atoms with E-state index in [0.717, 1.165) is 11.4 Å². The topological polar surface area (TPSA) is 71.0 Å². The molecular weight excluding hydrogens is 360 g/mol. The predicted molar refractivity (Wildman–Crippen MR) is 111 cm³/mol. The number of nitrogens with zero attached hydrogens (tertiary/aromatic N) is 3. The maximum Gasteiger partial charge on any atom is 0.278 e. The molecule has 3 rings (SSSR count). The summed E-state index contributed by atoms with van der Waals surface area (Å²) in [5.74, 6) is 0.208. The Morgan fingerprint density at radius 2 is 2.00 bits per heavy atom. The van der Waals surface area contributed by atoms with Crippen LogP contribution in [-0.4, -0.2) is 32.7 Å². The third-order valence-corrected chi connectivity index (χ3v) is 5.25. The van der Waals surface area contributed by atoms with Crippen molar-refractivity contribution in [2.75, 3.05) is 17.2 Å². The molecule has 0 aliphatic rings. The molecule has 0 radical (unpaired) electrons. The van der Waals surface area contributed by atoms with Gasteiger partial charge in [-0.05, 0) is 45.9 Å². The van der Waals surface area contributed by atoms with E-state index >= 15 is 0 Å². The lowest BCUT2D eigenvalue weighted by atomic mass is 10.3. The summed E-state index contributed by atoms with van der Waals surface area (Å²) in [7, 11) is 0. The van der Waals surface area contributed by atoms with E-state index < -0.39 is 0 Å². The number of amides is 1. The summed E-state index contributed by atoms with van der Waals surface area (Å²) in [6.07, 6.45) is 0. The average molecular weight is 385 g/mol. The number of nitrogens with one attached hydrogen (secondary N) is 1. The molecule has 0 spiro atoms. The van der Waals surface area contributed by atoms with E-state index in [9.17, 15) is 9.59 Å². The Bertz CT molecular complexity index is 1010. The molecule has 0 bridgehead atoms. The lowest BCUT2D eigenvalue weighted by Crippen LogP contribution is -2.32. The van der Waals surface area contributed by atoms with E-state index in [0.29, 0.717) is 22.7 Å². The highest BCUT2D eigenvalue weighted by atomic mass is 32.2. The summed E-state index contributed by atoms with van der Waals surface area (Å²) in [6.45, 7) is 8.32. The molecule has 0 saturated carbocycles. The van der Waals surface area contributed by atoms with Gasteiger partial charge < -0.3 is 9.88 Å². The molecule has 2 heterocycles. The van der Waals surface area contributed by atoms with Crippen molar-refractivity contribution in [3.8, 4) is 0 Å². The van der Waals surface area contributed by atoms with Crippen LogP contribution < -0.4 is 10.5 Å². The molecule has 142 valence electrons. The third kappa shape index (κ3) is 3.93. The zero-order chi connectivity index (χ0) is 19.6. The van der Waals surface area contributed by atoms with Gasteiger partial charge in [0, 0.05) is 24.0 Å². The zero-order valence-electron chi connectivity index (χ0n) is 16.0. The smallest absolute Gasteiger partial charge is 0.278 e. The molecule has 2 aromatic heterocycles. The van der Waals surface area contributed by atoms with Crippen molar-refractivity contribution in [1.82, 2.24) is 14.5 Å². The number of hydrogen-bond donors (Lipinski definition) is 1. The molecule has 1 N–H and O–H groups in total.